The molecule has 2 spiro atoms. The van der Waals surface area contributed by atoms with Crippen LogP contribution in [-0.4, -0.2) is 0 Å². The van der Waals surface area contributed by atoms with Gasteiger partial charge in [-0.15, -0.1) is 0 Å². The van der Waals surface area contributed by atoms with Gasteiger partial charge in [0.25, 0.3) is 0 Å². The molecule has 270 valence electrons. The van der Waals surface area contributed by atoms with Crippen molar-refractivity contribution in [1.82, 2.24) is 0 Å². The lowest BCUT2D eigenvalue weighted by Gasteiger charge is -2.31. The molecule has 15 rings (SSSR count). The van der Waals surface area contributed by atoms with Gasteiger partial charge in [-0.25, -0.2) is 0 Å². The standard InChI is InChI=1S/C59H34/c1-33-28-29-41-51(30-33)59(48-25-9-4-16-36(48)37-17-5-10-26-49(37)59)53-32-45-39-19-12-21-42-54(39)44(38-20-13-22-43(55(38)45)57(41)53)31-52-56(42)40-18-6-11-27-50(40)58(52)46-23-7-2-14-34(46)35-15-3-8-24-47(35)58/h2-32H,1H3. The number of hydrogen-bond donors (Lipinski definition) is 0. The molecule has 0 fully saturated rings. The third kappa shape index (κ3) is 3.24. The Hall–Kier alpha value is -7.28. The normalized spacial score (nSPS) is 15.1. The first-order chi connectivity index (χ1) is 29.2. The molecule has 0 atom stereocenters. The van der Waals surface area contributed by atoms with E-state index in [1.165, 1.54) is 138 Å². The molecule has 0 saturated carbocycles. The van der Waals surface area contributed by atoms with Crippen molar-refractivity contribution < 1.29 is 0 Å². The summed E-state index contributed by atoms with van der Waals surface area (Å²) in [6.45, 7) is 2.25. The molecule has 0 radical (unpaired) electrons. The quantitative estimate of drug-likeness (QED) is 0.107. The van der Waals surface area contributed by atoms with Crippen molar-refractivity contribution in [2.24, 2.45) is 0 Å². The molecule has 11 aromatic carbocycles. The zero-order valence-electron chi connectivity index (χ0n) is 32.4. The summed E-state index contributed by atoms with van der Waals surface area (Å²) in [5.41, 5.74) is 22.5. The monoisotopic (exact) mass is 742 g/mol. The van der Waals surface area contributed by atoms with Gasteiger partial charge in [-0.1, -0.05) is 181 Å². The van der Waals surface area contributed by atoms with Gasteiger partial charge in [0, 0.05) is 0 Å². The highest BCUT2D eigenvalue weighted by molar-refractivity contribution is 6.36. The van der Waals surface area contributed by atoms with E-state index < -0.39 is 10.8 Å². The molecule has 4 aliphatic carbocycles. The fourth-order valence-corrected chi connectivity index (χ4v) is 13.2. The van der Waals surface area contributed by atoms with Gasteiger partial charge in [-0.2, -0.15) is 0 Å². The smallest absolute Gasteiger partial charge is 0.0619 e. The van der Waals surface area contributed by atoms with Crippen molar-refractivity contribution in [3.63, 3.8) is 0 Å². The van der Waals surface area contributed by atoms with Crippen LogP contribution in [0.25, 0.3) is 87.6 Å². The molecule has 0 heteroatoms. The van der Waals surface area contributed by atoms with Gasteiger partial charge in [-0.05, 0) is 151 Å². The summed E-state index contributed by atoms with van der Waals surface area (Å²) in [6.07, 6.45) is 0. The summed E-state index contributed by atoms with van der Waals surface area (Å²) in [5, 5.41) is 10.8. The zero-order chi connectivity index (χ0) is 38.4. The summed E-state index contributed by atoms with van der Waals surface area (Å²) in [7, 11) is 0. The molecule has 0 N–H and O–H groups in total. The van der Waals surface area contributed by atoms with Crippen LogP contribution in [0.15, 0.2) is 188 Å². The zero-order valence-corrected chi connectivity index (χ0v) is 32.4. The minimum absolute atomic E-state index is 0.404. The summed E-state index contributed by atoms with van der Waals surface area (Å²) in [6, 6.07) is 72.7. The molecule has 11 aromatic rings. The minimum atomic E-state index is -0.411. The minimum Gasteiger partial charge on any atom is -0.0619 e. The van der Waals surface area contributed by atoms with E-state index in [-0.39, 0.29) is 0 Å². The number of benzene rings is 11. The maximum atomic E-state index is 2.62. The molecular formula is C59H34. The lowest BCUT2D eigenvalue weighted by atomic mass is 9.69. The Morgan fingerprint density at radius 2 is 0.610 bits per heavy atom. The van der Waals surface area contributed by atoms with Crippen molar-refractivity contribution in [3.05, 3.63) is 238 Å². The van der Waals surface area contributed by atoms with Gasteiger partial charge in [-0.3, -0.25) is 0 Å². The Bertz CT molecular complexity index is 3650. The van der Waals surface area contributed by atoms with Crippen LogP contribution in [0.5, 0.6) is 0 Å². The number of fused-ring (bicyclic) bond motifs is 24. The van der Waals surface area contributed by atoms with Crippen LogP contribution in [0, 0.1) is 6.92 Å². The first-order valence-corrected chi connectivity index (χ1v) is 21.0. The van der Waals surface area contributed by atoms with Crippen LogP contribution in [-0.2, 0) is 10.8 Å². The van der Waals surface area contributed by atoms with Gasteiger partial charge in [0.1, 0.15) is 0 Å². The molecule has 0 nitrogen and oxygen atoms in total. The molecule has 59 heavy (non-hydrogen) atoms. The van der Waals surface area contributed by atoms with Crippen molar-refractivity contribution in [1.29, 1.82) is 0 Å². The fourth-order valence-electron chi connectivity index (χ4n) is 13.2. The molecule has 4 aliphatic rings. The molecule has 0 bridgehead atoms. The van der Waals surface area contributed by atoms with E-state index >= 15 is 0 Å². The number of rotatable bonds is 0. The van der Waals surface area contributed by atoms with E-state index in [2.05, 4.69) is 195 Å². The maximum absolute atomic E-state index is 2.62. The Balaban J connectivity index is 1.14. The van der Waals surface area contributed by atoms with E-state index in [0.29, 0.717) is 0 Å². The third-order valence-corrected chi connectivity index (χ3v) is 15.1. The van der Waals surface area contributed by atoms with Gasteiger partial charge in [0.05, 0.1) is 10.8 Å². The topological polar surface area (TPSA) is 0 Å². The number of aryl methyl sites for hydroxylation is 1. The van der Waals surface area contributed by atoms with Crippen LogP contribution < -0.4 is 0 Å². The molecular weight excluding hydrogens is 709 g/mol. The van der Waals surface area contributed by atoms with E-state index in [1.807, 2.05) is 0 Å². The van der Waals surface area contributed by atoms with Crippen molar-refractivity contribution in [2.75, 3.05) is 0 Å². The van der Waals surface area contributed by atoms with Crippen molar-refractivity contribution >= 4 is 43.1 Å². The van der Waals surface area contributed by atoms with Gasteiger partial charge in [0.15, 0.2) is 0 Å². The highest BCUT2D eigenvalue weighted by Crippen LogP contribution is 2.67. The largest absolute Gasteiger partial charge is 0.0726 e. The molecule has 0 unspecified atom stereocenters. The lowest BCUT2D eigenvalue weighted by Crippen LogP contribution is -2.26. The third-order valence-electron chi connectivity index (χ3n) is 15.1. The average Bonchev–Trinajstić information content (AvgIpc) is 3.97. The van der Waals surface area contributed by atoms with Crippen LogP contribution in [0.2, 0.25) is 0 Å². The SMILES string of the molecule is Cc1ccc2c(c1)C1(c3ccccc3-c3ccccc31)c1cc3c4cccc5c6c(cc(c7cccc(c1-2)c73)c54)C1(c2ccccc2-c2ccccc21)c1ccccc1-6. The number of hydrogen-bond acceptors (Lipinski definition) is 0. The average molecular weight is 743 g/mol. The van der Waals surface area contributed by atoms with Crippen LogP contribution >= 0.6 is 0 Å². The Morgan fingerprint density at radius 3 is 1.07 bits per heavy atom. The Kier molecular flexibility index (Phi) is 5.34. The molecule has 0 heterocycles. The summed E-state index contributed by atoms with van der Waals surface area (Å²) >= 11 is 0. The maximum Gasteiger partial charge on any atom is 0.0726 e. The second-order valence-electron chi connectivity index (χ2n) is 17.4. The predicted octanol–water partition coefficient (Wildman–Crippen LogP) is 14.7. The molecule has 0 amide bonds. The van der Waals surface area contributed by atoms with Gasteiger partial charge >= 0.3 is 0 Å². The highest BCUT2D eigenvalue weighted by Gasteiger charge is 2.54. The second-order valence-corrected chi connectivity index (χ2v) is 17.4. The van der Waals surface area contributed by atoms with E-state index in [1.54, 1.807) is 0 Å². The van der Waals surface area contributed by atoms with E-state index in [4.69, 9.17) is 0 Å². The Labute approximate surface area is 342 Å². The van der Waals surface area contributed by atoms with Crippen LogP contribution in [0.4, 0.5) is 0 Å². The second kappa shape index (κ2) is 10.2. The fraction of sp³-hybridized carbons (Fsp3) is 0.0508. The van der Waals surface area contributed by atoms with Crippen LogP contribution in [0.1, 0.15) is 50.1 Å². The molecule has 0 saturated heterocycles. The van der Waals surface area contributed by atoms with Crippen LogP contribution in [0.3, 0.4) is 0 Å². The highest BCUT2D eigenvalue weighted by atomic mass is 14.5. The van der Waals surface area contributed by atoms with Gasteiger partial charge < -0.3 is 0 Å². The molecule has 0 aromatic heterocycles. The first-order valence-electron chi connectivity index (χ1n) is 21.0. The first kappa shape index (κ1) is 30.8. The van der Waals surface area contributed by atoms with E-state index in [0.717, 1.165) is 0 Å². The summed E-state index contributed by atoms with van der Waals surface area (Å²) in [5.74, 6) is 0. The van der Waals surface area contributed by atoms with Crippen molar-refractivity contribution in [2.45, 2.75) is 17.8 Å². The van der Waals surface area contributed by atoms with Gasteiger partial charge in [0.2, 0.25) is 0 Å². The summed E-state index contributed by atoms with van der Waals surface area (Å²) in [4.78, 5) is 0. The lowest BCUT2D eigenvalue weighted by molar-refractivity contribution is 0.794. The van der Waals surface area contributed by atoms with E-state index in [9.17, 15) is 0 Å². The molecule has 0 aliphatic heterocycles. The summed E-state index contributed by atoms with van der Waals surface area (Å²) < 4.78 is 0. The van der Waals surface area contributed by atoms with Crippen molar-refractivity contribution in [3.8, 4) is 44.5 Å². The predicted molar refractivity (Wildman–Crippen MR) is 245 cm³/mol. The Morgan fingerprint density at radius 1 is 0.254 bits per heavy atom.